The van der Waals surface area contributed by atoms with Crippen molar-refractivity contribution in [1.82, 2.24) is 0 Å². The molecule has 0 aromatic carbocycles. The van der Waals surface area contributed by atoms with Crippen LogP contribution in [-0.4, -0.2) is 24.5 Å². The van der Waals surface area contributed by atoms with Gasteiger partial charge in [0.25, 0.3) is 0 Å². The van der Waals surface area contributed by atoms with Crippen LogP contribution in [0.5, 0.6) is 0 Å². The van der Waals surface area contributed by atoms with Gasteiger partial charge in [0.15, 0.2) is 5.79 Å². The summed E-state index contributed by atoms with van der Waals surface area (Å²) in [6.07, 6.45) is 6.34. The molecule has 0 amide bonds. The molecule has 1 aliphatic carbocycles. The number of nitrogens with two attached hydrogens (primary N) is 1. The van der Waals surface area contributed by atoms with Crippen molar-refractivity contribution in [2.24, 2.45) is 5.73 Å². The monoisotopic (exact) mass is 199 g/mol. The first-order valence-electron chi connectivity index (χ1n) is 5.75. The van der Waals surface area contributed by atoms with Gasteiger partial charge in [0.05, 0.1) is 13.2 Å². The van der Waals surface area contributed by atoms with Crippen LogP contribution in [0.25, 0.3) is 0 Å². The average molecular weight is 199 g/mol. The molecule has 2 rings (SSSR count). The zero-order valence-electron chi connectivity index (χ0n) is 9.05. The van der Waals surface area contributed by atoms with Crippen LogP contribution >= 0.6 is 0 Å². The van der Waals surface area contributed by atoms with E-state index >= 15 is 0 Å². The summed E-state index contributed by atoms with van der Waals surface area (Å²) in [5.41, 5.74) is 6.36. The van der Waals surface area contributed by atoms with E-state index in [9.17, 15) is 0 Å². The maximum absolute atomic E-state index is 6.31. The molecule has 1 aliphatic heterocycles. The third-order valence-electron chi connectivity index (χ3n) is 3.57. The van der Waals surface area contributed by atoms with Crippen molar-refractivity contribution in [3.8, 4) is 0 Å². The molecular weight excluding hydrogens is 178 g/mol. The van der Waals surface area contributed by atoms with Crippen molar-refractivity contribution in [1.29, 1.82) is 0 Å². The highest BCUT2D eigenvalue weighted by Gasteiger charge is 2.44. The predicted molar refractivity (Wildman–Crippen MR) is 54.9 cm³/mol. The first-order chi connectivity index (χ1) is 6.68. The van der Waals surface area contributed by atoms with Gasteiger partial charge in [-0.25, -0.2) is 0 Å². The molecule has 1 spiro atoms. The summed E-state index contributed by atoms with van der Waals surface area (Å²) in [5, 5.41) is 0. The van der Waals surface area contributed by atoms with Gasteiger partial charge in [-0.2, -0.15) is 0 Å². The summed E-state index contributed by atoms with van der Waals surface area (Å²) in [6, 6.07) is 0. The molecule has 2 N–H and O–H groups in total. The number of hydrogen-bond acceptors (Lipinski definition) is 3. The Morgan fingerprint density at radius 1 is 1.07 bits per heavy atom. The fourth-order valence-electron chi connectivity index (χ4n) is 2.66. The quantitative estimate of drug-likeness (QED) is 0.737. The summed E-state index contributed by atoms with van der Waals surface area (Å²) < 4.78 is 11.4. The van der Waals surface area contributed by atoms with E-state index in [0.29, 0.717) is 0 Å². The third kappa shape index (κ3) is 1.95. The minimum absolute atomic E-state index is 0.0509. The Hall–Kier alpha value is -0.120. The van der Waals surface area contributed by atoms with E-state index in [-0.39, 0.29) is 11.3 Å². The lowest BCUT2D eigenvalue weighted by atomic mass is 9.77. The molecule has 1 saturated heterocycles. The van der Waals surface area contributed by atoms with Crippen LogP contribution < -0.4 is 5.73 Å². The zero-order valence-corrected chi connectivity index (χ0v) is 9.05. The second-order valence-corrected chi connectivity index (χ2v) is 4.72. The van der Waals surface area contributed by atoms with E-state index in [2.05, 4.69) is 6.92 Å². The molecule has 14 heavy (non-hydrogen) atoms. The maximum atomic E-state index is 6.31. The molecule has 3 heteroatoms. The second-order valence-electron chi connectivity index (χ2n) is 4.72. The van der Waals surface area contributed by atoms with Crippen molar-refractivity contribution < 1.29 is 9.47 Å². The molecule has 1 heterocycles. The van der Waals surface area contributed by atoms with Gasteiger partial charge in [0.2, 0.25) is 0 Å². The fourth-order valence-corrected chi connectivity index (χ4v) is 2.66. The summed E-state index contributed by atoms with van der Waals surface area (Å²) in [6.45, 7) is 3.71. The Balaban J connectivity index is 1.90. The molecule has 0 unspecified atom stereocenters. The normalized spacial score (nSPS) is 29.6. The standard InChI is InChI=1S/C11H21NO2/c1-2-3-10(12)4-6-11(7-5-10)13-8-9-14-11/h2-9,12H2,1H3. The van der Waals surface area contributed by atoms with Gasteiger partial charge in [-0.05, 0) is 19.3 Å². The van der Waals surface area contributed by atoms with E-state index in [1.807, 2.05) is 0 Å². The highest BCUT2D eigenvalue weighted by molar-refractivity contribution is 4.94. The molecule has 1 saturated carbocycles. The van der Waals surface area contributed by atoms with Gasteiger partial charge < -0.3 is 15.2 Å². The van der Waals surface area contributed by atoms with Crippen LogP contribution in [0.1, 0.15) is 45.4 Å². The Labute approximate surface area is 85.9 Å². The summed E-state index contributed by atoms with van der Waals surface area (Å²) >= 11 is 0. The Morgan fingerprint density at radius 2 is 1.64 bits per heavy atom. The van der Waals surface area contributed by atoms with Crippen molar-refractivity contribution in [3.05, 3.63) is 0 Å². The smallest absolute Gasteiger partial charge is 0.168 e. The molecule has 82 valence electrons. The van der Waals surface area contributed by atoms with Crippen LogP contribution in [0.4, 0.5) is 0 Å². The molecule has 2 aliphatic rings. The van der Waals surface area contributed by atoms with Crippen LogP contribution in [0.15, 0.2) is 0 Å². The number of rotatable bonds is 2. The molecule has 0 aromatic heterocycles. The SMILES string of the molecule is CCCC1(N)CCC2(CC1)OCCO2. The Bertz CT molecular complexity index is 189. The lowest BCUT2D eigenvalue weighted by molar-refractivity contribution is -0.184. The minimum atomic E-state index is -0.253. The topological polar surface area (TPSA) is 44.5 Å². The van der Waals surface area contributed by atoms with Crippen molar-refractivity contribution in [2.75, 3.05) is 13.2 Å². The van der Waals surface area contributed by atoms with E-state index in [1.165, 1.54) is 6.42 Å². The van der Waals surface area contributed by atoms with E-state index in [0.717, 1.165) is 45.3 Å². The molecule has 0 aromatic rings. The maximum Gasteiger partial charge on any atom is 0.168 e. The van der Waals surface area contributed by atoms with Crippen LogP contribution in [0.2, 0.25) is 0 Å². The van der Waals surface area contributed by atoms with E-state index < -0.39 is 0 Å². The van der Waals surface area contributed by atoms with Gasteiger partial charge >= 0.3 is 0 Å². The van der Waals surface area contributed by atoms with E-state index in [1.54, 1.807) is 0 Å². The summed E-state index contributed by atoms with van der Waals surface area (Å²) in [7, 11) is 0. The molecular formula is C11H21NO2. The number of ether oxygens (including phenoxy) is 2. The third-order valence-corrected chi connectivity index (χ3v) is 3.57. The first kappa shape index (κ1) is 10.4. The summed E-state index contributed by atoms with van der Waals surface area (Å²) in [5.74, 6) is -0.253. The molecule has 3 nitrogen and oxygen atoms in total. The van der Waals surface area contributed by atoms with Crippen LogP contribution in [-0.2, 0) is 9.47 Å². The molecule has 0 atom stereocenters. The summed E-state index contributed by atoms with van der Waals surface area (Å²) in [4.78, 5) is 0. The van der Waals surface area contributed by atoms with Gasteiger partial charge in [-0.3, -0.25) is 0 Å². The predicted octanol–water partition coefficient (Wildman–Crippen LogP) is 1.80. The fraction of sp³-hybridized carbons (Fsp3) is 1.00. The first-order valence-corrected chi connectivity index (χ1v) is 5.75. The van der Waals surface area contributed by atoms with Crippen molar-refractivity contribution >= 4 is 0 Å². The van der Waals surface area contributed by atoms with Gasteiger partial charge in [-0.1, -0.05) is 13.3 Å². The Kier molecular flexibility index (Phi) is 2.82. The van der Waals surface area contributed by atoms with Crippen molar-refractivity contribution in [2.45, 2.75) is 56.8 Å². The number of hydrogen-bond donors (Lipinski definition) is 1. The highest BCUT2D eigenvalue weighted by Crippen LogP contribution is 2.40. The van der Waals surface area contributed by atoms with Crippen LogP contribution in [0.3, 0.4) is 0 Å². The lowest BCUT2D eigenvalue weighted by Crippen LogP contribution is -2.49. The zero-order chi connectivity index (χ0) is 10.1. The Morgan fingerprint density at radius 3 is 2.14 bits per heavy atom. The molecule has 0 radical (unpaired) electrons. The average Bonchev–Trinajstić information content (AvgIpc) is 2.61. The van der Waals surface area contributed by atoms with E-state index in [4.69, 9.17) is 15.2 Å². The van der Waals surface area contributed by atoms with Crippen molar-refractivity contribution in [3.63, 3.8) is 0 Å². The molecule has 0 bridgehead atoms. The minimum Gasteiger partial charge on any atom is -0.348 e. The lowest BCUT2D eigenvalue weighted by Gasteiger charge is -2.41. The highest BCUT2D eigenvalue weighted by atomic mass is 16.7. The molecule has 2 fully saturated rings. The van der Waals surface area contributed by atoms with Gasteiger partial charge in [-0.15, -0.1) is 0 Å². The largest absolute Gasteiger partial charge is 0.348 e. The second kappa shape index (κ2) is 3.80. The van der Waals surface area contributed by atoms with Gasteiger partial charge in [0, 0.05) is 18.4 Å². The van der Waals surface area contributed by atoms with Gasteiger partial charge in [0.1, 0.15) is 0 Å². The van der Waals surface area contributed by atoms with Crippen LogP contribution in [0, 0.1) is 0 Å².